The number of hydrogen-bond acceptors (Lipinski definition) is 6. The van der Waals surface area contributed by atoms with Crippen LogP contribution in [0.5, 0.6) is 5.75 Å². The minimum atomic E-state index is -0.711. The van der Waals surface area contributed by atoms with E-state index in [1.54, 1.807) is 17.1 Å². The second kappa shape index (κ2) is 12.4. The number of unbranched alkanes of at least 4 members (excludes halogenated alkanes) is 1. The van der Waals surface area contributed by atoms with Gasteiger partial charge in [0, 0.05) is 16.3 Å². The van der Waals surface area contributed by atoms with Gasteiger partial charge in [-0.3, -0.25) is 9.69 Å². The van der Waals surface area contributed by atoms with Gasteiger partial charge in [0.2, 0.25) is 0 Å². The van der Waals surface area contributed by atoms with Gasteiger partial charge >= 0.3 is 6.09 Å². The number of nitrogens with zero attached hydrogens (tertiary/aromatic N) is 1. The van der Waals surface area contributed by atoms with Crippen molar-refractivity contribution >= 4 is 63.6 Å². The topological polar surface area (TPSA) is 79.9 Å². The van der Waals surface area contributed by atoms with Crippen LogP contribution in [0.15, 0.2) is 41.0 Å². The number of nitrogens with one attached hydrogen (secondary N) is 2. The first-order valence-electron chi connectivity index (χ1n) is 12.4. The number of fused-ring (bicyclic) bond motifs is 1. The van der Waals surface area contributed by atoms with Gasteiger partial charge in [0.25, 0.3) is 5.91 Å². The van der Waals surface area contributed by atoms with E-state index < -0.39 is 17.9 Å². The summed E-state index contributed by atoms with van der Waals surface area (Å²) in [5, 5.41) is 6.81. The minimum absolute atomic E-state index is 0.204. The van der Waals surface area contributed by atoms with Crippen LogP contribution in [0, 0.1) is 0 Å². The molecule has 10 heteroatoms. The Labute approximate surface area is 234 Å². The fourth-order valence-electron chi connectivity index (χ4n) is 3.88. The smallest absolute Gasteiger partial charge is 0.412 e. The number of halogens is 1. The number of carbonyl (C=O) groups is 2. The number of rotatable bonds is 8. The van der Waals surface area contributed by atoms with Crippen LogP contribution in [0.1, 0.15) is 65.9 Å². The van der Waals surface area contributed by atoms with Crippen molar-refractivity contribution < 1.29 is 19.1 Å². The number of thiocarbonyl (C=S) groups is 2. The zero-order valence-corrected chi connectivity index (χ0v) is 24.2. The Balaban J connectivity index is 1.91. The van der Waals surface area contributed by atoms with Crippen molar-refractivity contribution in [1.29, 1.82) is 0 Å². The molecule has 2 aliphatic rings. The zero-order valence-electron chi connectivity index (χ0n) is 21.9. The Morgan fingerprint density at radius 1 is 1.30 bits per heavy atom. The molecule has 1 aliphatic carbocycles. The van der Waals surface area contributed by atoms with Crippen LogP contribution < -0.4 is 15.4 Å². The highest BCUT2D eigenvalue weighted by Gasteiger charge is 2.31. The molecule has 0 saturated carbocycles. The van der Waals surface area contributed by atoms with Gasteiger partial charge in [0.15, 0.2) is 0 Å². The van der Waals surface area contributed by atoms with Gasteiger partial charge in [0.1, 0.15) is 28.6 Å². The normalized spacial score (nSPS) is 17.9. The fourth-order valence-corrected chi connectivity index (χ4v) is 4.63. The zero-order chi connectivity index (χ0) is 27.3. The van der Waals surface area contributed by atoms with E-state index >= 15 is 0 Å². The van der Waals surface area contributed by atoms with Crippen molar-refractivity contribution in [2.24, 2.45) is 0 Å². The predicted octanol–water partition coefficient (Wildman–Crippen LogP) is 6.40. The third-order valence-corrected chi connectivity index (χ3v) is 6.82. The van der Waals surface area contributed by atoms with E-state index in [9.17, 15) is 9.59 Å². The van der Waals surface area contributed by atoms with Gasteiger partial charge in [-0.2, -0.15) is 0 Å². The molecule has 200 valence electrons. The molecule has 37 heavy (non-hydrogen) atoms. The van der Waals surface area contributed by atoms with E-state index in [-0.39, 0.29) is 18.6 Å². The highest BCUT2D eigenvalue weighted by atomic mass is 35.5. The monoisotopic (exact) mass is 563 g/mol. The lowest BCUT2D eigenvalue weighted by Gasteiger charge is -2.35. The van der Waals surface area contributed by atoms with E-state index in [0.717, 1.165) is 24.1 Å². The van der Waals surface area contributed by atoms with E-state index in [1.807, 2.05) is 45.9 Å². The molecule has 2 amide bonds. The number of hydrogen-bond donors (Lipinski definition) is 2. The van der Waals surface area contributed by atoms with E-state index in [2.05, 4.69) is 17.6 Å². The maximum absolute atomic E-state index is 13.4. The maximum Gasteiger partial charge on any atom is 0.412 e. The van der Waals surface area contributed by atoms with Gasteiger partial charge in [-0.05, 0) is 70.4 Å². The first kappa shape index (κ1) is 29.1. The van der Waals surface area contributed by atoms with Crippen LogP contribution >= 0.6 is 36.0 Å². The molecule has 2 atom stereocenters. The minimum Gasteiger partial charge on any atom is -0.481 e. The van der Waals surface area contributed by atoms with Crippen molar-refractivity contribution in [3.8, 4) is 5.75 Å². The Morgan fingerprint density at radius 3 is 2.68 bits per heavy atom. The Kier molecular flexibility index (Phi) is 9.72. The second-order valence-corrected chi connectivity index (χ2v) is 11.5. The average Bonchev–Trinajstić information content (AvgIpc) is 2.80. The number of carbonyl (C=O) groups excluding carboxylic acids is 2. The molecule has 0 spiro atoms. The lowest BCUT2D eigenvalue weighted by atomic mass is 10.0. The predicted molar refractivity (Wildman–Crippen MR) is 155 cm³/mol. The van der Waals surface area contributed by atoms with E-state index in [0.29, 0.717) is 39.0 Å². The molecule has 2 N–H and O–H groups in total. The molecular weight excluding hydrogens is 530 g/mol. The van der Waals surface area contributed by atoms with Gasteiger partial charge < -0.3 is 20.1 Å². The molecule has 2 unspecified atom stereocenters. The summed E-state index contributed by atoms with van der Waals surface area (Å²) >= 11 is 16.8. The fraction of sp³-hybridized carbons (Fsp3) is 0.481. The van der Waals surface area contributed by atoms with Crippen molar-refractivity contribution in [3.05, 3.63) is 46.5 Å². The van der Waals surface area contributed by atoms with Crippen LogP contribution in [-0.2, 0) is 16.1 Å². The SMILES string of the molecule is CCCCC(NC(=O)C1=CC=C(Cl)CC1=S)N(Cc1ccc2c(c1)NC(=S)C(C)O2)C(=O)OC(C)(C)C. The highest BCUT2D eigenvalue weighted by Crippen LogP contribution is 2.32. The maximum atomic E-state index is 13.4. The van der Waals surface area contributed by atoms with Crippen molar-refractivity contribution in [3.63, 3.8) is 0 Å². The summed E-state index contributed by atoms with van der Waals surface area (Å²) in [6.45, 7) is 9.58. The average molecular weight is 564 g/mol. The van der Waals surface area contributed by atoms with Crippen LogP contribution in [0.3, 0.4) is 0 Å². The Hall–Kier alpha value is -2.49. The van der Waals surface area contributed by atoms with E-state index in [4.69, 9.17) is 45.5 Å². The molecule has 0 aromatic heterocycles. The van der Waals surface area contributed by atoms with Gasteiger partial charge in [0.05, 0.1) is 17.8 Å². The Morgan fingerprint density at radius 2 is 2.03 bits per heavy atom. The van der Waals surface area contributed by atoms with Gasteiger partial charge in [-0.25, -0.2) is 4.79 Å². The van der Waals surface area contributed by atoms with Gasteiger partial charge in [-0.15, -0.1) is 0 Å². The number of ether oxygens (including phenoxy) is 2. The molecule has 1 aromatic rings. The lowest BCUT2D eigenvalue weighted by Crippen LogP contribution is -2.52. The van der Waals surface area contributed by atoms with Crippen LogP contribution in [-0.4, -0.2) is 44.6 Å². The largest absolute Gasteiger partial charge is 0.481 e. The number of benzene rings is 1. The van der Waals surface area contributed by atoms with Crippen molar-refractivity contribution in [2.45, 2.75) is 84.7 Å². The molecule has 0 saturated heterocycles. The highest BCUT2D eigenvalue weighted by molar-refractivity contribution is 7.81. The summed E-state index contributed by atoms with van der Waals surface area (Å²) in [5.74, 6) is 0.342. The summed E-state index contributed by atoms with van der Waals surface area (Å²) in [4.78, 5) is 29.3. The third-order valence-electron chi connectivity index (χ3n) is 5.77. The Bertz CT molecular complexity index is 1140. The van der Waals surface area contributed by atoms with Gasteiger partial charge in [-0.1, -0.05) is 55.4 Å². The first-order chi connectivity index (χ1) is 17.4. The van der Waals surface area contributed by atoms with Crippen molar-refractivity contribution in [2.75, 3.05) is 5.32 Å². The number of allylic oxidation sites excluding steroid dienone is 3. The molecule has 7 nitrogen and oxygen atoms in total. The molecule has 0 bridgehead atoms. The van der Waals surface area contributed by atoms with Crippen LogP contribution in [0.4, 0.5) is 10.5 Å². The number of amides is 2. The summed E-state index contributed by atoms with van der Waals surface area (Å²) in [6, 6.07) is 5.64. The molecule has 1 aromatic carbocycles. The van der Waals surface area contributed by atoms with Crippen LogP contribution in [0.2, 0.25) is 0 Å². The molecule has 0 radical (unpaired) electrons. The summed E-state index contributed by atoms with van der Waals surface area (Å²) in [7, 11) is 0. The van der Waals surface area contributed by atoms with E-state index in [1.165, 1.54) is 0 Å². The molecule has 3 rings (SSSR count). The summed E-state index contributed by atoms with van der Waals surface area (Å²) < 4.78 is 11.6. The third kappa shape index (κ3) is 7.99. The number of anilines is 1. The summed E-state index contributed by atoms with van der Waals surface area (Å²) in [6.07, 6.45) is 4.52. The lowest BCUT2D eigenvalue weighted by molar-refractivity contribution is -0.119. The quantitative estimate of drug-likeness (QED) is 0.280. The molecule has 1 aliphatic heterocycles. The second-order valence-electron chi connectivity index (χ2n) is 10.1. The molecule has 0 fully saturated rings. The van der Waals surface area contributed by atoms with Crippen molar-refractivity contribution in [1.82, 2.24) is 10.2 Å². The van der Waals surface area contributed by atoms with Crippen LogP contribution in [0.25, 0.3) is 0 Å². The molecule has 1 heterocycles. The molecular formula is C27H34ClN3O4S2. The first-order valence-corrected chi connectivity index (χ1v) is 13.6. The summed E-state index contributed by atoms with van der Waals surface area (Å²) in [5.41, 5.74) is 1.23. The standard InChI is InChI=1S/C27H34ClN3O4S2/c1-6-7-8-23(30-24(32)19-11-10-18(28)14-22(19)36)31(26(33)35-27(3,4)5)15-17-9-12-21-20(13-17)29-25(37)16(2)34-21/h9-13,16,23H,6-8,14-15H2,1-5H3,(H,29,37)(H,30,32).